The Morgan fingerprint density at radius 3 is 2.71 bits per heavy atom. The van der Waals surface area contributed by atoms with Crippen LogP contribution in [0.5, 0.6) is 0 Å². The average molecular weight is 315 g/mol. The first-order valence-electron chi connectivity index (χ1n) is 8.10. The van der Waals surface area contributed by atoms with Gasteiger partial charge in [-0.3, -0.25) is 5.10 Å². The van der Waals surface area contributed by atoms with E-state index in [4.69, 9.17) is 4.98 Å². The lowest BCUT2D eigenvalue weighted by Crippen LogP contribution is -2.17. The van der Waals surface area contributed by atoms with Crippen molar-refractivity contribution in [3.05, 3.63) is 60.3 Å². The normalized spacial score (nSPS) is 17.0. The topological polar surface area (TPSA) is 68.6 Å². The second-order valence-corrected chi connectivity index (χ2v) is 5.93. The number of nitrogens with zero attached hydrogens (tertiary/aromatic N) is 4. The van der Waals surface area contributed by atoms with Gasteiger partial charge in [-0.2, -0.15) is 10.4 Å². The van der Waals surface area contributed by atoms with Gasteiger partial charge in [0.15, 0.2) is 6.19 Å². The van der Waals surface area contributed by atoms with Gasteiger partial charge in [-0.05, 0) is 31.0 Å². The summed E-state index contributed by atoms with van der Waals surface area (Å²) in [6.07, 6.45) is 4.28. The van der Waals surface area contributed by atoms with Crippen molar-refractivity contribution in [2.75, 3.05) is 6.54 Å². The smallest absolute Gasteiger partial charge is 0.179 e. The molecule has 1 N–H and O–H groups in total. The van der Waals surface area contributed by atoms with Crippen molar-refractivity contribution < 1.29 is 0 Å². The number of likely N-dealkylation sites (tertiary alicyclic amines) is 1. The van der Waals surface area contributed by atoms with Gasteiger partial charge in [-0.25, -0.2) is 4.98 Å². The number of nitriles is 1. The highest BCUT2D eigenvalue weighted by molar-refractivity contribution is 5.64. The fraction of sp³-hybridized carbons (Fsp3) is 0.211. The van der Waals surface area contributed by atoms with Crippen molar-refractivity contribution >= 4 is 0 Å². The Morgan fingerprint density at radius 2 is 1.88 bits per heavy atom. The van der Waals surface area contributed by atoms with Crippen LogP contribution in [-0.4, -0.2) is 26.6 Å². The van der Waals surface area contributed by atoms with Gasteiger partial charge in [-0.15, -0.1) is 0 Å². The lowest BCUT2D eigenvalue weighted by Gasteiger charge is -2.15. The number of pyridine rings is 1. The minimum absolute atomic E-state index is 0.105. The van der Waals surface area contributed by atoms with Crippen molar-refractivity contribution in [1.29, 1.82) is 5.26 Å². The minimum atomic E-state index is 0.105. The van der Waals surface area contributed by atoms with E-state index in [0.717, 1.165) is 47.7 Å². The molecule has 2 aromatic heterocycles. The van der Waals surface area contributed by atoms with Gasteiger partial charge in [-0.1, -0.05) is 36.4 Å². The summed E-state index contributed by atoms with van der Waals surface area (Å²) in [5.41, 5.74) is 4.64. The maximum absolute atomic E-state index is 9.21. The zero-order valence-corrected chi connectivity index (χ0v) is 13.2. The highest BCUT2D eigenvalue weighted by atomic mass is 15.2. The first kappa shape index (κ1) is 14.5. The lowest BCUT2D eigenvalue weighted by atomic mass is 10.1. The van der Waals surface area contributed by atoms with E-state index in [2.05, 4.69) is 16.4 Å². The molecule has 5 nitrogen and oxygen atoms in total. The summed E-state index contributed by atoms with van der Waals surface area (Å²) in [4.78, 5) is 6.54. The Balaban J connectivity index is 1.65. The number of hydrogen-bond acceptors (Lipinski definition) is 4. The van der Waals surface area contributed by atoms with Crippen LogP contribution in [0.2, 0.25) is 0 Å². The number of hydrogen-bond donors (Lipinski definition) is 1. The van der Waals surface area contributed by atoms with Gasteiger partial charge in [0.1, 0.15) is 5.69 Å². The van der Waals surface area contributed by atoms with Gasteiger partial charge < -0.3 is 4.90 Å². The summed E-state index contributed by atoms with van der Waals surface area (Å²) in [7, 11) is 0. The fourth-order valence-corrected chi connectivity index (χ4v) is 3.20. The quantitative estimate of drug-likeness (QED) is 0.747. The second-order valence-electron chi connectivity index (χ2n) is 5.93. The molecular formula is C19H17N5. The standard InChI is InChI=1S/C19H17N5/c20-13-24-11-5-10-19(24)18-12-17(22-23-18)16-9-4-8-15(21-16)14-6-2-1-3-7-14/h1-4,6-9,12,19H,5,10-11H2,(H,22,23). The maximum Gasteiger partial charge on any atom is 0.179 e. The van der Waals surface area contributed by atoms with Gasteiger partial charge in [0.05, 0.1) is 23.1 Å². The van der Waals surface area contributed by atoms with Crippen LogP contribution in [0.3, 0.4) is 0 Å². The molecule has 0 amide bonds. The number of benzene rings is 1. The highest BCUT2D eigenvalue weighted by Crippen LogP contribution is 2.31. The van der Waals surface area contributed by atoms with E-state index in [1.54, 1.807) is 0 Å². The molecule has 1 aliphatic heterocycles. The molecule has 0 bridgehead atoms. The summed E-state index contributed by atoms with van der Waals surface area (Å²) in [6, 6.07) is 18.2. The SMILES string of the molecule is N#CN1CCCC1c1cc(-c2cccc(-c3ccccc3)n2)n[nH]1. The summed E-state index contributed by atoms with van der Waals surface area (Å²) in [5, 5.41) is 16.7. The monoisotopic (exact) mass is 315 g/mol. The molecule has 3 heterocycles. The number of nitrogens with one attached hydrogen (secondary N) is 1. The average Bonchev–Trinajstić information content (AvgIpc) is 3.31. The predicted octanol–water partition coefficient (Wildman–Crippen LogP) is 3.76. The largest absolute Gasteiger partial charge is 0.302 e. The van der Waals surface area contributed by atoms with Crippen LogP contribution in [0.1, 0.15) is 24.6 Å². The lowest BCUT2D eigenvalue weighted by molar-refractivity contribution is 0.367. The van der Waals surface area contributed by atoms with Crippen molar-refractivity contribution in [2.45, 2.75) is 18.9 Å². The molecular weight excluding hydrogens is 298 g/mol. The van der Waals surface area contributed by atoms with Crippen molar-refractivity contribution in [3.8, 4) is 28.8 Å². The second kappa shape index (κ2) is 6.17. The van der Waals surface area contributed by atoms with Crippen LogP contribution in [-0.2, 0) is 0 Å². The van der Waals surface area contributed by atoms with E-state index in [1.807, 2.05) is 59.5 Å². The van der Waals surface area contributed by atoms with E-state index < -0.39 is 0 Å². The van der Waals surface area contributed by atoms with Crippen molar-refractivity contribution in [2.24, 2.45) is 0 Å². The molecule has 118 valence electrons. The first-order valence-corrected chi connectivity index (χ1v) is 8.10. The van der Waals surface area contributed by atoms with Crippen LogP contribution in [0.4, 0.5) is 0 Å². The Hall–Kier alpha value is -3.13. The molecule has 0 saturated carbocycles. The fourth-order valence-electron chi connectivity index (χ4n) is 3.20. The molecule has 24 heavy (non-hydrogen) atoms. The van der Waals surface area contributed by atoms with E-state index >= 15 is 0 Å². The molecule has 1 aromatic carbocycles. The zero-order chi connectivity index (χ0) is 16.4. The summed E-state index contributed by atoms with van der Waals surface area (Å²) >= 11 is 0. The number of aromatic nitrogens is 3. The van der Waals surface area contributed by atoms with E-state index in [9.17, 15) is 5.26 Å². The van der Waals surface area contributed by atoms with E-state index in [-0.39, 0.29) is 6.04 Å². The Kier molecular flexibility index (Phi) is 3.72. The molecule has 1 fully saturated rings. The van der Waals surface area contributed by atoms with Crippen molar-refractivity contribution in [1.82, 2.24) is 20.1 Å². The van der Waals surface area contributed by atoms with Crippen LogP contribution < -0.4 is 0 Å². The molecule has 3 aromatic rings. The van der Waals surface area contributed by atoms with Gasteiger partial charge >= 0.3 is 0 Å². The van der Waals surface area contributed by atoms with Crippen LogP contribution in [0.15, 0.2) is 54.6 Å². The molecule has 0 spiro atoms. The Labute approximate surface area is 140 Å². The third-order valence-corrected chi connectivity index (χ3v) is 4.42. The summed E-state index contributed by atoms with van der Waals surface area (Å²) < 4.78 is 0. The maximum atomic E-state index is 9.21. The summed E-state index contributed by atoms with van der Waals surface area (Å²) in [6.45, 7) is 0.817. The summed E-state index contributed by atoms with van der Waals surface area (Å²) in [5.74, 6) is 0. The molecule has 1 unspecified atom stereocenters. The molecule has 1 aliphatic rings. The zero-order valence-electron chi connectivity index (χ0n) is 13.2. The van der Waals surface area contributed by atoms with E-state index in [0.29, 0.717) is 0 Å². The molecule has 0 aliphatic carbocycles. The molecule has 4 rings (SSSR count). The third-order valence-electron chi connectivity index (χ3n) is 4.42. The Bertz CT molecular complexity index is 878. The minimum Gasteiger partial charge on any atom is -0.302 e. The Morgan fingerprint density at radius 1 is 1.04 bits per heavy atom. The van der Waals surface area contributed by atoms with Crippen LogP contribution in [0.25, 0.3) is 22.6 Å². The molecule has 0 radical (unpaired) electrons. The van der Waals surface area contributed by atoms with Gasteiger partial charge in [0.2, 0.25) is 0 Å². The highest BCUT2D eigenvalue weighted by Gasteiger charge is 2.26. The molecule has 5 heteroatoms. The number of rotatable bonds is 3. The van der Waals surface area contributed by atoms with Crippen LogP contribution >= 0.6 is 0 Å². The van der Waals surface area contributed by atoms with Crippen molar-refractivity contribution in [3.63, 3.8) is 0 Å². The number of H-pyrrole nitrogens is 1. The van der Waals surface area contributed by atoms with Gasteiger partial charge in [0.25, 0.3) is 0 Å². The number of aromatic amines is 1. The molecule has 1 saturated heterocycles. The van der Waals surface area contributed by atoms with Gasteiger partial charge in [0, 0.05) is 12.1 Å². The predicted molar refractivity (Wildman–Crippen MR) is 91.5 cm³/mol. The molecule has 1 atom stereocenters. The third kappa shape index (κ3) is 2.63. The van der Waals surface area contributed by atoms with E-state index in [1.165, 1.54) is 0 Å². The first-order chi connectivity index (χ1) is 11.8. The van der Waals surface area contributed by atoms with Crippen LogP contribution in [0, 0.1) is 11.5 Å².